The van der Waals surface area contributed by atoms with E-state index in [0.29, 0.717) is 50.0 Å². The number of rotatable bonds is 5. The highest BCUT2D eigenvalue weighted by Crippen LogP contribution is 2.33. The molecule has 0 bridgehead atoms. The minimum atomic E-state index is -0.989. The van der Waals surface area contributed by atoms with E-state index < -0.39 is 17.7 Å². The maximum Gasteiger partial charge on any atom is 0.226 e. The Labute approximate surface area is 173 Å². The molecule has 2 aromatic rings. The number of carbonyl (C=O) groups excluding carboxylic acids is 1. The van der Waals surface area contributed by atoms with Crippen molar-refractivity contribution in [3.8, 4) is 6.07 Å². The summed E-state index contributed by atoms with van der Waals surface area (Å²) in [5.41, 5.74) is 0.822. The molecular formula is C22H22F2N4O2. The van der Waals surface area contributed by atoms with Crippen molar-refractivity contribution < 1.29 is 18.7 Å². The molecule has 1 aromatic carbocycles. The van der Waals surface area contributed by atoms with Gasteiger partial charge in [0.25, 0.3) is 0 Å². The SMILES string of the molecule is N#Cc1ccc(N2CCN3C(=O)[C@@H](CCC(O)c4ccc(F)c(F)c4)C[C@H]3C2)nc1. The van der Waals surface area contributed by atoms with Crippen LogP contribution in [0.2, 0.25) is 0 Å². The molecule has 30 heavy (non-hydrogen) atoms. The highest BCUT2D eigenvalue weighted by molar-refractivity contribution is 5.82. The van der Waals surface area contributed by atoms with Crippen molar-refractivity contribution in [2.75, 3.05) is 24.5 Å². The average Bonchev–Trinajstić information content (AvgIpc) is 3.09. The van der Waals surface area contributed by atoms with Gasteiger partial charge in [0.15, 0.2) is 11.6 Å². The second-order valence-electron chi connectivity index (χ2n) is 7.85. The van der Waals surface area contributed by atoms with Gasteiger partial charge in [0.05, 0.1) is 17.7 Å². The van der Waals surface area contributed by atoms with Crippen LogP contribution >= 0.6 is 0 Å². The number of anilines is 1. The molecule has 3 heterocycles. The molecule has 6 nitrogen and oxygen atoms in total. The van der Waals surface area contributed by atoms with E-state index in [1.54, 1.807) is 12.3 Å². The molecule has 8 heteroatoms. The first-order chi connectivity index (χ1) is 14.5. The maximum atomic E-state index is 13.4. The van der Waals surface area contributed by atoms with Gasteiger partial charge in [-0.05, 0) is 49.1 Å². The van der Waals surface area contributed by atoms with Gasteiger partial charge in [-0.3, -0.25) is 4.79 Å². The summed E-state index contributed by atoms with van der Waals surface area (Å²) in [6, 6.07) is 9.05. The minimum absolute atomic E-state index is 0.0779. The zero-order chi connectivity index (χ0) is 21.3. The van der Waals surface area contributed by atoms with E-state index in [1.807, 2.05) is 11.0 Å². The van der Waals surface area contributed by atoms with Crippen molar-refractivity contribution in [3.05, 3.63) is 59.3 Å². The predicted molar refractivity (Wildman–Crippen MR) is 105 cm³/mol. The second kappa shape index (κ2) is 8.36. The van der Waals surface area contributed by atoms with E-state index in [2.05, 4.69) is 16.0 Å². The van der Waals surface area contributed by atoms with Gasteiger partial charge in [-0.15, -0.1) is 0 Å². The van der Waals surface area contributed by atoms with E-state index in [-0.39, 0.29) is 17.9 Å². The molecule has 3 atom stereocenters. The molecule has 2 fully saturated rings. The monoisotopic (exact) mass is 412 g/mol. The standard InChI is InChI=1S/C22H22F2N4O2/c23-18-4-2-15(10-19(18)24)20(29)5-3-16-9-17-13-27(7-8-28(17)22(16)30)21-6-1-14(11-25)12-26-21/h1-2,4,6,10,12,16-17,20,29H,3,5,7-9,13H2/t16-,17-,20?/m0/s1. The molecule has 0 saturated carbocycles. The molecular weight excluding hydrogens is 390 g/mol. The van der Waals surface area contributed by atoms with Gasteiger partial charge >= 0.3 is 0 Å². The van der Waals surface area contributed by atoms with Crippen LogP contribution in [0, 0.1) is 28.9 Å². The van der Waals surface area contributed by atoms with E-state index in [4.69, 9.17) is 5.26 Å². The Hall–Kier alpha value is -3.05. The van der Waals surface area contributed by atoms with Crippen LogP contribution < -0.4 is 4.90 Å². The van der Waals surface area contributed by atoms with Crippen LogP contribution in [0.25, 0.3) is 0 Å². The van der Waals surface area contributed by atoms with E-state index in [9.17, 15) is 18.7 Å². The first-order valence-electron chi connectivity index (χ1n) is 10.0. The summed E-state index contributed by atoms with van der Waals surface area (Å²) in [5.74, 6) is -1.25. The topological polar surface area (TPSA) is 80.5 Å². The van der Waals surface area contributed by atoms with E-state index in [1.165, 1.54) is 6.07 Å². The van der Waals surface area contributed by atoms with E-state index in [0.717, 1.165) is 18.0 Å². The molecule has 0 radical (unpaired) electrons. The largest absolute Gasteiger partial charge is 0.388 e. The zero-order valence-electron chi connectivity index (χ0n) is 16.3. The number of piperazine rings is 1. The Bertz CT molecular complexity index is 976. The van der Waals surface area contributed by atoms with Gasteiger partial charge in [0.1, 0.15) is 11.9 Å². The molecule has 1 N–H and O–H groups in total. The van der Waals surface area contributed by atoms with Gasteiger partial charge in [-0.25, -0.2) is 13.8 Å². The van der Waals surface area contributed by atoms with E-state index >= 15 is 0 Å². The molecule has 4 rings (SSSR count). The zero-order valence-corrected chi connectivity index (χ0v) is 16.3. The maximum absolute atomic E-state index is 13.4. The highest BCUT2D eigenvalue weighted by Gasteiger charge is 2.42. The Kier molecular flexibility index (Phi) is 5.64. The summed E-state index contributed by atoms with van der Waals surface area (Å²) < 4.78 is 26.5. The predicted octanol–water partition coefficient (Wildman–Crippen LogP) is 2.78. The van der Waals surface area contributed by atoms with Crippen molar-refractivity contribution in [3.63, 3.8) is 0 Å². The van der Waals surface area contributed by atoms with Crippen LogP contribution in [-0.2, 0) is 4.79 Å². The Morgan fingerprint density at radius 1 is 1.23 bits per heavy atom. The molecule has 2 aliphatic rings. The molecule has 156 valence electrons. The number of aromatic nitrogens is 1. The number of aliphatic hydroxyl groups is 1. The molecule has 1 aromatic heterocycles. The van der Waals surface area contributed by atoms with Crippen molar-refractivity contribution in [2.24, 2.45) is 5.92 Å². The number of hydrogen-bond donors (Lipinski definition) is 1. The fraction of sp³-hybridized carbons (Fsp3) is 0.409. The van der Waals surface area contributed by atoms with Crippen LogP contribution in [-0.4, -0.2) is 46.6 Å². The summed E-state index contributed by atoms with van der Waals surface area (Å²) in [7, 11) is 0. The summed E-state index contributed by atoms with van der Waals surface area (Å²) in [6.07, 6.45) is 2.09. The van der Waals surface area contributed by atoms with Crippen LogP contribution in [0.5, 0.6) is 0 Å². The van der Waals surface area contributed by atoms with Crippen molar-refractivity contribution in [1.29, 1.82) is 5.26 Å². The van der Waals surface area contributed by atoms with Crippen LogP contribution in [0.3, 0.4) is 0 Å². The number of fused-ring (bicyclic) bond motifs is 1. The van der Waals surface area contributed by atoms with Crippen molar-refractivity contribution >= 4 is 11.7 Å². The number of nitrogens with zero attached hydrogens (tertiary/aromatic N) is 4. The number of pyridine rings is 1. The van der Waals surface area contributed by atoms with Gasteiger partial charge in [-0.1, -0.05) is 6.07 Å². The molecule has 2 saturated heterocycles. The Morgan fingerprint density at radius 2 is 2.07 bits per heavy atom. The van der Waals surface area contributed by atoms with Crippen molar-refractivity contribution in [2.45, 2.75) is 31.4 Å². The summed E-state index contributed by atoms with van der Waals surface area (Å²) >= 11 is 0. The number of aliphatic hydroxyl groups excluding tert-OH is 1. The summed E-state index contributed by atoms with van der Waals surface area (Å²) in [5, 5.41) is 19.2. The van der Waals surface area contributed by atoms with Crippen LogP contribution in [0.15, 0.2) is 36.5 Å². The first-order valence-corrected chi connectivity index (χ1v) is 10.0. The Morgan fingerprint density at radius 3 is 2.77 bits per heavy atom. The van der Waals surface area contributed by atoms with Gasteiger partial charge in [0.2, 0.25) is 5.91 Å². The Balaban J connectivity index is 1.35. The fourth-order valence-electron chi connectivity index (χ4n) is 4.34. The third kappa shape index (κ3) is 3.98. The fourth-order valence-corrected chi connectivity index (χ4v) is 4.34. The average molecular weight is 412 g/mol. The minimum Gasteiger partial charge on any atom is -0.388 e. The lowest BCUT2D eigenvalue weighted by Gasteiger charge is -2.38. The second-order valence-corrected chi connectivity index (χ2v) is 7.85. The highest BCUT2D eigenvalue weighted by atomic mass is 19.2. The normalized spacial score (nSPS) is 22.0. The third-order valence-corrected chi connectivity index (χ3v) is 5.99. The lowest BCUT2D eigenvalue weighted by Crippen LogP contribution is -2.51. The number of hydrogen-bond acceptors (Lipinski definition) is 5. The number of halogens is 2. The third-order valence-electron chi connectivity index (χ3n) is 5.99. The number of benzene rings is 1. The molecule has 0 spiro atoms. The lowest BCUT2D eigenvalue weighted by atomic mass is 9.95. The van der Waals surface area contributed by atoms with Gasteiger partial charge in [-0.2, -0.15) is 5.26 Å². The molecule has 0 aliphatic carbocycles. The molecule has 1 amide bonds. The molecule has 2 aliphatic heterocycles. The summed E-state index contributed by atoms with van der Waals surface area (Å²) in [4.78, 5) is 21.1. The number of nitriles is 1. The van der Waals surface area contributed by atoms with Crippen LogP contribution in [0.4, 0.5) is 14.6 Å². The number of carbonyl (C=O) groups is 1. The van der Waals surface area contributed by atoms with Crippen LogP contribution in [0.1, 0.15) is 36.5 Å². The molecule has 1 unspecified atom stereocenters. The number of amides is 1. The lowest BCUT2D eigenvalue weighted by molar-refractivity contribution is -0.132. The quantitative estimate of drug-likeness (QED) is 0.817. The van der Waals surface area contributed by atoms with Gasteiger partial charge in [0, 0.05) is 31.7 Å². The summed E-state index contributed by atoms with van der Waals surface area (Å²) in [6.45, 7) is 1.95. The smallest absolute Gasteiger partial charge is 0.226 e. The van der Waals surface area contributed by atoms with Crippen molar-refractivity contribution in [1.82, 2.24) is 9.88 Å². The first kappa shape index (κ1) is 20.2. The van der Waals surface area contributed by atoms with Gasteiger partial charge < -0.3 is 14.9 Å².